The molecule has 0 rings (SSSR count). The van der Waals surface area contributed by atoms with Gasteiger partial charge >= 0.3 is 5.97 Å². The van der Waals surface area contributed by atoms with Crippen molar-refractivity contribution in [2.75, 3.05) is 0 Å². The van der Waals surface area contributed by atoms with Gasteiger partial charge in [-0.25, -0.2) is 0 Å². The first-order valence-corrected chi connectivity index (χ1v) is 7.97. The van der Waals surface area contributed by atoms with E-state index >= 15 is 0 Å². The Morgan fingerprint density at radius 2 is 1.23 bits per heavy atom. The van der Waals surface area contributed by atoms with Gasteiger partial charge < -0.3 is 5.11 Å². The van der Waals surface area contributed by atoms with Crippen LogP contribution in [-0.2, 0) is 4.79 Å². The summed E-state index contributed by atoms with van der Waals surface area (Å²) < 4.78 is 0. The number of allylic oxidation sites excluding steroid dienone is 12. The molecule has 0 unspecified atom stereocenters. The molecule has 0 spiro atoms. The minimum absolute atomic E-state index is 0.284. The van der Waals surface area contributed by atoms with E-state index < -0.39 is 5.97 Å². The van der Waals surface area contributed by atoms with Gasteiger partial charge in [-0.3, -0.25) is 4.79 Å². The molecule has 0 heterocycles. The van der Waals surface area contributed by atoms with Gasteiger partial charge in [0.05, 0.1) is 0 Å². The SMILES string of the molecule is CC\C=C/C=C/C=C/C=C\C=C\C=C\CCCCCC(=O)O. The fraction of sp³-hybridized carbons (Fsp3) is 0.350. The zero-order valence-electron chi connectivity index (χ0n) is 13.5. The lowest BCUT2D eigenvalue weighted by Gasteiger charge is -1.94. The molecule has 0 amide bonds. The average molecular weight is 300 g/mol. The molecule has 120 valence electrons. The maximum atomic E-state index is 10.3. The van der Waals surface area contributed by atoms with Crippen molar-refractivity contribution < 1.29 is 9.90 Å². The number of unbranched alkanes of at least 4 members (excludes halogenated alkanes) is 3. The average Bonchev–Trinajstić information content (AvgIpc) is 2.50. The number of rotatable bonds is 12. The van der Waals surface area contributed by atoms with E-state index in [1.54, 1.807) is 0 Å². The molecule has 0 saturated carbocycles. The predicted octanol–water partition coefficient (Wildman–Crippen LogP) is 5.77. The summed E-state index contributed by atoms with van der Waals surface area (Å²) in [4.78, 5) is 10.3. The Morgan fingerprint density at radius 3 is 1.73 bits per heavy atom. The molecule has 1 N–H and O–H groups in total. The standard InChI is InChI=1S/C20H28O2/c1-2-3-4-5-6-7-8-9-10-11-12-13-14-15-16-17-18-19-20(21)22/h3-14H,2,15-19H2,1H3,(H,21,22)/b4-3-,6-5+,8-7+,10-9-,12-11+,14-13+. The second-order valence-electron chi connectivity index (χ2n) is 4.80. The highest BCUT2D eigenvalue weighted by Crippen LogP contribution is 2.03. The first kappa shape index (κ1) is 19.9. The van der Waals surface area contributed by atoms with Crippen molar-refractivity contribution in [2.45, 2.75) is 45.4 Å². The fourth-order valence-corrected chi connectivity index (χ4v) is 1.62. The summed E-state index contributed by atoms with van der Waals surface area (Å²) in [6, 6.07) is 0. The molecule has 2 nitrogen and oxygen atoms in total. The maximum Gasteiger partial charge on any atom is 0.303 e. The van der Waals surface area contributed by atoms with Crippen LogP contribution < -0.4 is 0 Å². The van der Waals surface area contributed by atoms with E-state index in [0.29, 0.717) is 0 Å². The van der Waals surface area contributed by atoms with Crippen LogP contribution in [0.5, 0.6) is 0 Å². The number of hydrogen-bond donors (Lipinski definition) is 1. The van der Waals surface area contributed by atoms with Crippen LogP contribution in [0.3, 0.4) is 0 Å². The largest absolute Gasteiger partial charge is 0.481 e. The molecule has 0 aromatic carbocycles. The van der Waals surface area contributed by atoms with Gasteiger partial charge in [0.2, 0.25) is 0 Å². The van der Waals surface area contributed by atoms with Crippen LogP contribution in [0.25, 0.3) is 0 Å². The van der Waals surface area contributed by atoms with Gasteiger partial charge in [-0.05, 0) is 25.7 Å². The Balaban J connectivity index is 3.60. The van der Waals surface area contributed by atoms with Gasteiger partial charge in [0.1, 0.15) is 0 Å². The number of carbonyl (C=O) groups is 1. The summed E-state index contributed by atoms with van der Waals surface area (Å²) in [5.41, 5.74) is 0. The van der Waals surface area contributed by atoms with E-state index in [4.69, 9.17) is 5.11 Å². The van der Waals surface area contributed by atoms with E-state index in [1.165, 1.54) is 0 Å². The monoisotopic (exact) mass is 300 g/mol. The van der Waals surface area contributed by atoms with E-state index in [2.05, 4.69) is 19.1 Å². The molecule has 0 atom stereocenters. The molecule has 0 aromatic heterocycles. The molecule has 0 fully saturated rings. The van der Waals surface area contributed by atoms with Gasteiger partial charge in [0.25, 0.3) is 0 Å². The van der Waals surface area contributed by atoms with E-state index in [9.17, 15) is 4.79 Å². The Hall–Kier alpha value is -2.09. The molecule has 0 saturated heterocycles. The number of carboxylic acids is 1. The van der Waals surface area contributed by atoms with Crippen molar-refractivity contribution >= 4 is 5.97 Å². The Morgan fingerprint density at radius 1 is 0.727 bits per heavy atom. The van der Waals surface area contributed by atoms with Gasteiger partial charge in [-0.1, -0.05) is 86.3 Å². The first-order valence-electron chi connectivity index (χ1n) is 7.97. The Bertz CT molecular complexity index is 435. The first-order chi connectivity index (χ1) is 10.8. The zero-order chi connectivity index (χ0) is 16.3. The van der Waals surface area contributed by atoms with Crippen molar-refractivity contribution in [2.24, 2.45) is 0 Å². The maximum absolute atomic E-state index is 10.3. The van der Waals surface area contributed by atoms with Crippen LogP contribution in [-0.4, -0.2) is 11.1 Å². The lowest BCUT2D eigenvalue weighted by molar-refractivity contribution is -0.137. The highest BCUT2D eigenvalue weighted by molar-refractivity contribution is 5.66. The summed E-state index contributed by atoms with van der Waals surface area (Å²) in [7, 11) is 0. The Labute approximate surface area is 134 Å². The molecule has 0 bridgehead atoms. The van der Waals surface area contributed by atoms with Gasteiger partial charge in [0, 0.05) is 6.42 Å². The Kier molecular flexibility index (Phi) is 15.4. The van der Waals surface area contributed by atoms with Crippen molar-refractivity contribution in [1.82, 2.24) is 0 Å². The summed E-state index contributed by atoms with van der Waals surface area (Å²) in [6.07, 6.45) is 29.4. The second-order valence-corrected chi connectivity index (χ2v) is 4.80. The molecule has 0 aliphatic carbocycles. The second kappa shape index (κ2) is 17.0. The highest BCUT2D eigenvalue weighted by atomic mass is 16.4. The summed E-state index contributed by atoms with van der Waals surface area (Å²) in [6.45, 7) is 2.11. The molecule has 0 aliphatic rings. The molecular formula is C20H28O2. The number of carboxylic acid groups (broad SMARTS) is 1. The molecule has 0 radical (unpaired) electrons. The van der Waals surface area contributed by atoms with Crippen LogP contribution >= 0.6 is 0 Å². The minimum Gasteiger partial charge on any atom is -0.481 e. The van der Waals surface area contributed by atoms with E-state index in [1.807, 2.05) is 60.8 Å². The molecule has 0 aliphatic heterocycles. The van der Waals surface area contributed by atoms with Gasteiger partial charge in [-0.15, -0.1) is 0 Å². The van der Waals surface area contributed by atoms with Crippen LogP contribution in [0, 0.1) is 0 Å². The zero-order valence-corrected chi connectivity index (χ0v) is 13.5. The molecular weight excluding hydrogens is 272 g/mol. The van der Waals surface area contributed by atoms with Crippen molar-refractivity contribution in [1.29, 1.82) is 0 Å². The normalized spacial score (nSPS) is 13.1. The van der Waals surface area contributed by atoms with Crippen LogP contribution in [0.4, 0.5) is 0 Å². The third-order valence-electron chi connectivity index (χ3n) is 2.77. The smallest absolute Gasteiger partial charge is 0.303 e. The summed E-state index contributed by atoms with van der Waals surface area (Å²) in [5.74, 6) is -0.702. The van der Waals surface area contributed by atoms with Crippen molar-refractivity contribution in [3.63, 3.8) is 0 Å². The lowest BCUT2D eigenvalue weighted by Crippen LogP contribution is -1.93. The quantitative estimate of drug-likeness (QED) is 0.367. The molecule has 0 aromatic rings. The minimum atomic E-state index is -0.702. The van der Waals surface area contributed by atoms with Crippen molar-refractivity contribution in [3.05, 3.63) is 72.9 Å². The summed E-state index contributed by atoms with van der Waals surface area (Å²) >= 11 is 0. The third kappa shape index (κ3) is 17.9. The third-order valence-corrected chi connectivity index (χ3v) is 2.77. The fourth-order valence-electron chi connectivity index (χ4n) is 1.62. The topological polar surface area (TPSA) is 37.3 Å². The van der Waals surface area contributed by atoms with Gasteiger partial charge in [-0.2, -0.15) is 0 Å². The highest BCUT2D eigenvalue weighted by Gasteiger charge is 1.94. The number of hydrogen-bond acceptors (Lipinski definition) is 1. The van der Waals surface area contributed by atoms with Crippen LogP contribution in [0.2, 0.25) is 0 Å². The number of aliphatic carboxylic acids is 1. The van der Waals surface area contributed by atoms with E-state index in [-0.39, 0.29) is 6.42 Å². The lowest BCUT2D eigenvalue weighted by atomic mass is 10.1. The van der Waals surface area contributed by atoms with Crippen molar-refractivity contribution in [3.8, 4) is 0 Å². The van der Waals surface area contributed by atoms with E-state index in [0.717, 1.165) is 32.1 Å². The van der Waals surface area contributed by atoms with Crippen LogP contribution in [0.1, 0.15) is 45.4 Å². The molecule has 22 heavy (non-hydrogen) atoms. The molecule has 2 heteroatoms. The predicted molar refractivity (Wildman–Crippen MR) is 95.9 cm³/mol. The summed E-state index contributed by atoms with van der Waals surface area (Å²) in [5, 5.41) is 8.50. The van der Waals surface area contributed by atoms with Crippen LogP contribution in [0.15, 0.2) is 72.9 Å². The van der Waals surface area contributed by atoms with Gasteiger partial charge in [0.15, 0.2) is 0 Å².